The number of fused-ring (bicyclic) bond motifs is 2. The van der Waals surface area contributed by atoms with Crippen molar-refractivity contribution in [1.29, 1.82) is 0 Å². The third kappa shape index (κ3) is 9.75. The van der Waals surface area contributed by atoms with Crippen LogP contribution < -0.4 is 19.7 Å². The summed E-state index contributed by atoms with van der Waals surface area (Å²) in [5.41, 5.74) is 6.84. The van der Waals surface area contributed by atoms with Crippen molar-refractivity contribution in [3.05, 3.63) is 124 Å². The third-order valence-corrected chi connectivity index (χ3v) is 12.5. The van der Waals surface area contributed by atoms with Crippen LogP contribution in [-0.4, -0.2) is 84.2 Å². The van der Waals surface area contributed by atoms with E-state index in [-0.39, 0.29) is 47.8 Å². The Hall–Kier alpha value is -5.36. The summed E-state index contributed by atoms with van der Waals surface area (Å²) in [5.74, 6) is 0.349. The number of hydrogen-bond acceptors (Lipinski definition) is 7. The Balaban J connectivity index is 0.844. The summed E-state index contributed by atoms with van der Waals surface area (Å²) in [7, 11) is 0. The van der Waals surface area contributed by atoms with Crippen molar-refractivity contribution in [2.24, 2.45) is 0 Å². The Labute approximate surface area is 356 Å². The molecule has 4 atom stereocenters. The van der Waals surface area contributed by atoms with Gasteiger partial charge in [0.25, 0.3) is 5.91 Å². The number of hydrogen-bond donors (Lipinski definition) is 1. The van der Waals surface area contributed by atoms with Gasteiger partial charge in [0, 0.05) is 56.3 Å². The molecular formula is C49H55F3N4O5. The fraction of sp³-hybridized carbons (Fsp3) is 0.449. The van der Waals surface area contributed by atoms with E-state index < -0.39 is 24.2 Å². The molecule has 61 heavy (non-hydrogen) atoms. The van der Waals surface area contributed by atoms with Gasteiger partial charge in [-0.1, -0.05) is 48.5 Å². The van der Waals surface area contributed by atoms with Gasteiger partial charge in [-0.2, -0.15) is 13.2 Å². The number of imide groups is 1. The van der Waals surface area contributed by atoms with Crippen LogP contribution in [0.2, 0.25) is 0 Å². The molecule has 3 heterocycles. The lowest BCUT2D eigenvalue weighted by atomic mass is 9.69. The van der Waals surface area contributed by atoms with E-state index in [1.54, 1.807) is 17.0 Å². The first-order valence-electron chi connectivity index (χ1n) is 21.7. The standard InChI is InChI=1S/C49H55F3N4O5/c1-48(2,3)61-38-18-21-40-34(30-38)14-19-39(32-9-5-4-6-10-32)45(40)33-12-16-37(17-13-33)60-43(49(50,51)52)11-7-8-24-54-25-27-55(28-26-54)36-15-20-41-35(29-36)31-56(47(41)59)42-22-23-44(57)53-46(42)58/h4-6,9-10,12-13,15-18,20-21,29-30,39,42-43,45H,7-8,11,14,19,22-28,31H2,1-3H3,(H,53,57,58)/t39-,42?,43?,45+/m1/s1. The molecule has 0 bridgehead atoms. The number of aryl methyl sites for hydroxylation is 1. The maximum atomic E-state index is 14.4. The molecule has 8 rings (SSSR count). The average molecular weight is 837 g/mol. The number of alkyl halides is 3. The molecule has 9 nitrogen and oxygen atoms in total. The van der Waals surface area contributed by atoms with E-state index in [0.717, 1.165) is 61.6 Å². The number of nitrogens with one attached hydrogen (secondary N) is 1. The van der Waals surface area contributed by atoms with E-state index >= 15 is 0 Å². The zero-order valence-electron chi connectivity index (χ0n) is 35.2. The van der Waals surface area contributed by atoms with Crippen molar-refractivity contribution in [3.63, 3.8) is 0 Å². The number of halogens is 3. The van der Waals surface area contributed by atoms with Crippen molar-refractivity contribution in [2.75, 3.05) is 37.6 Å². The van der Waals surface area contributed by atoms with E-state index in [9.17, 15) is 27.6 Å². The highest BCUT2D eigenvalue weighted by atomic mass is 19.4. The molecule has 4 aliphatic rings. The molecule has 2 saturated heterocycles. The highest BCUT2D eigenvalue weighted by Crippen LogP contribution is 2.47. The molecule has 0 saturated carbocycles. The molecule has 4 aromatic carbocycles. The minimum absolute atomic E-state index is 0.0288. The first-order chi connectivity index (χ1) is 29.2. The average Bonchev–Trinajstić information content (AvgIpc) is 3.56. The van der Waals surface area contributed by atoms with Gasteiger partial charge in [0.05, 0.1) is 0 Å². The number of carbonyl (C=O) groups is 3. The minimum atomic E-state index is -4.50. The Morgan fingerprint density at radius 1 is 0.770 bits per heavy atom. The van der Waals surface area contributed by atoms with Crippen LogP contribution in [0.15, 0.2) is 91.0 Å². The fourth-order valence-corrected chi connectivity index (χ4v) is 9.54. The number of amides is 3. The first kappa shape index (κ1) is 42.3. The number of carbonyl (C=O) groups excluding carboxylic acids is 3. The van der Waals surface area contributed by atoms with E-state index in [4.69, 9.17) is 9.47 Å². The number of ether oxygens (including phenoxy) is 2. The quantitative estimate of drug-likeness (QED) is 0.113. The Kier molecular flexibility index (Phi) is 12.2. The van der Waals surface area contributed by atoms with Gasteiger partial charge in [0.1, 0.15) is 23.1 Å². The van der Waals surface area contributed by atoms with Gasteiger partial charge in [-0.15, -0.1) is 0 Å². The first-order valence-corrected chi connectivity index (χ1v) is 21.7. The Bertz CT molecular complexity index is 2220. The number of benzene rings is 4. The summed E-state index contributed by atoms with van der Waals surface area (Å²) in [6.45, 7) is 10.2. The van der Waals surface area contributed by atoms with Crippen molar-refractivity contribution < 1.29 is 37.0 Å². The fourth-order valence-electron chi connectivity index (χ4n) is 9.54. The van der Waals surface area contributed by atoms with Gasteiger partial charge in [0.2, 0.25) is 11.8 Å². The SMILES string of the molecule is CC(C)(C)Oc1ccc2c(c1)CC[C@H](c1ccccc1)[C@@H]2c1ccc(OC(CCCCN2CCN(c3ccc4c(c3)CN(C3CCC(=O)NC3=O)C4=O)CC2)C(F)(F)F)cc1. The maximum Gasteiger partial charge on any atom is 0.425 e. The van der Waals surface area contributed by atoms with E-state index in [1.165, 1.54) is 16.7 Å². The molecule has 0 spiro atoms. The number of piperidine rings is 1. The second-order valence-electron chi connectivity index (χ2n) is 17.9. The Morgan fingerprint density at radius 2 is 1.51 bits per heavy atom. The molecular weight excluding hydrogens is 782 g/mol. The van der Waals surface area contributed by atoms with Crippen LogP contribution >= 0.6 is 0 Å². The van der Waals surface area contributed by atoms with Gasteiger partial charge in [-0.25, -0.2) is 0 Å². The predicted octanol–water partition coefficient (Wildman–Crippen LogP) is 8.79. The molecule has 1 N–H and O–H groups in total. The second-order valence-corrected chi connectivity index (χ2v) is 17.9. The zero-order chi connectivity index (χ0) is 42.9. The molecule has 322 valence electrons. The van der Waals surface area contributed by atoms with Crippen LogP contribution in [0.4, 0.5) is 18.9 Å². The molecule has 1 aliphatic carbocycles. The zero-order valence-corrected chi connectivity index (χ0v) is 35.2. The highest BCUT2D eigenvalue weighted by molar-refractivity contribution is 6.05. The molecule has 4 aromatic rings. The van der Waals surface area contributed by atoms with Crippen molar-refractivity contribution >= 4 is 23.4 Å². The largest absolute Gasteiger partial charge is 0.488 e. The second kappa shape index (κ2) is 17.6. The lowest BCUT2D eigenvalue weighted by Crippen LogP contribution is -2.52. The number of piperazine rings is 1. The summed E-state index contributed by atoms with van der Waals surface area (Å²) < 4.78 is 54.9. The Morgan fingerprint density at radius 3 is 2.21 bits per heavy atom. The van der Waals surface area contributed by atoms with Gasteiger partial charge < -0.3 is 19.3 Å². The van der Waals surface area contributed by atoms with Crippen molar-refractivity contribution in [1.82, 2.24) is 15.1 Å². The van der Waals surface area contributed by atoms with Gasteiger partial charge >= 0.3 is 6.18 Å². The normalized spacial score (nSPS) is 21.5. The van der Waals surface area contributed by atoms with Gasteiger partial charge in [-0.3, -0.25) is 24.6 Å². The molecule has 12 heteroatoms. The summed E-state index contributed by atoms with van der Waals surface area (Å²) in [6, 6.07) is 29.1. The summed E-state index contributed by atoms with van der Waals surface area (Å²) >= 11 is 0. The molecule has 3 aliphatic heterocycles. The monoisotopic (exact) mass is 836 g/mol. The van der Waals surface area contributed by atoms with Crippen molar-refractivity contribution in [2.45, 2.75) is 108 Å². The lowest BCUT2D eigenvalue weighted by molar-refractivity contribution is -0.197. The van der Waals surface area contributed by atoms with E-state index in [2.05, 4.69) is 51.5 Å². The van der Waals surface area contributed by atoms with Gasteiger partial charge in [-0.05, 0) is 142 Å². The van der Waals surface area contributed by atoms with Crippen LogP contribution in [0.1, 0.15) is 109 Å². The molecule has 2 unspecified atom stereocenters. The molecule has 0 aromatic heterocycles. The number of unbranched alkanes of at least 4 members (excludes halogenated alkanes) is 1. The number of anilines is 1. The highest BCUT2D eigenvalue weighted by Gasteiger charge is 2.42. The smallest absolute Gasteiger partial charge is 0.425 e. The lowest BCUT2D eigenvalue weighted by Gasteiger charge is -2.36. The molecule has 3 amide bonds. The molecule has 2 fully saturated rings. The minimum Gasteiger partial charge on any atom is -0.488 e. The summed E-state index contributed by atoms with van der Waals surface area (Å²) in [6.07, 6.45) is -3.15. The van der Waals surface area contributed by atoms with Gasteiger partial charge in [0.15, 0.2) is 6.10 Å². The maximum absolute atomic E-state index is 14.4. The van der Waals surface area contributed by atoms with Crippen LogP contribution in [0, 0.1) is 0 Å². The van der Waals surface area contributed by atoms with Crippen molar-refractivity contribution in [3.8, 4) is 11.5 Å². The van der Waals surface area contributed by atoms with E-state index in [0.29, 0.717) is 37.9 Å². The predicted molar refractivity (Wildman–Crippen MR) is 228 cm³/mol. The number of nitrogens with zero attached hydrogens (tertiary/aromatic N) is 3. The summed E-state index contributed by atoms with van der Waals surface area (Å²) in [5, 5.41) is 2.34. The topological polar surface area (TPSA) is 91.4 Å². The third-order valence-electron chi connectivity index (χ3n) is 12.5. The molecule has 0 radical (unpaired) electrons. The van der Waals surface area contributed by atoms with Crippen LogP contribution in [0.3, 0.4) is 0 Å². The van der Waals surface area contributed by atoms with Crippen LogP contribution in [0.5, 0.6) is 11.5 Å². The summed E-state index contributed by atoms with van der Waals surface area (Å²) in [4.78, 5) is 43.3. The van der Waals surface area contributed by atoms with Crippen LogP contribution in [0.25, 0.3) is 0 Å². The van der Waals surface area contributed by atoms with Crippen LogP contribution in [-0.2, 0) is 22.6 Å². The number of rotatable bonds is 12. The van der Waals surface area contributed by atoms with E-state index in [1.807, 2.05) is 63.2 Å².